The van der Waals surface area contributed by atoms with E-state index in [0.29, 0.717) is 0 Å². The molecule has 0 aliphatic heterocycles. The lowest BCUT2D eigenvalue weighted by molar-refractivity contribution is -0.0979. The summed E-state index contributed by atoms with van der Waals surface area (Å²) in [6, 6.07) is 25.8. The SMILES string of the molecule is C=O.Oc1cccc(C=Cc2ccccc2)c1C=Cc1ccccc1. The first kappa shape index (κ1) is 18.0. The third-order valence-electron chi connectivity index (χ3n) is 3.61. The summed E-state index contributed by atoms with van der Waals surface area (Å²) in [5.74, 6) is 0.285. The highest BCUT2D eigenvalue weighted by molar-refractivity contribution is 5.81. The molecule has 0 fully saturated rings. The van der Waals surface area contributed by atoms with Crippen molar-refractivity contribution in [1.82, 2.24) is 0 Å². The molecule has 2 nitrogen and oxygen atoms in total. The second kappa shape index (κ2) is 9.68. The average Bonchev–Trinajstić information content (AvgIpc) is 2.69. The first-order valence-corrected chi connectivity index (χ1v) is 7.90. The summed E-state index contributed by atoms with van der Waals surface area (Å²) >= 11 is 0. The van der Waals surface area contributed by atoms with Crippen LogP contribution in [-0.4, -0.2) is 11.9 Å². The second-order valence-electron chi connectivity index (χ2n) is 5.27. The van der Waals surface area contributed by atoms with Gasteiger partial charge < -0.3 is 9.90 Å². The number of phenolic OH excluding ortho intramolecular Hbond substituents is 1. The molecule has 0 heterocycles. The summed E-state index contributed by atoms with van der Waals surface area (Å²) in [5.41, 5.74) is 4.05. The van der Waals surface area contributed by atoms with Crippen molar-refractivity contribution in [2.24, 2.45) is 0 Å². The van der Waals surface area contributed by atoms with Crippen molar-refractivity contribution in [3.05, 3.63) is 101 Å². The van der Waals surface area contributed by atoms with E-state index in [4.69, 9.17) is 4.79 Å². The quantitative estimate of drug-likeness (QED) is 0.638. The van der Waals surface area contributed by atoms with Crippen molar-refractivity contribution in [1.29, 1.82) is 0 Å². The molecule has 1 N–H and O–H groups in total. The summed E-state index contributed by atoms with van der Waals surface area (Å²) in [6.45, 7) is 2.00. The van der Waals surface area contributed by atoms with Gasteiger partial charge >= 0.3 is 0 Å². The van der Waals surface area contributed by atoms with E-state index in [9.17, 15) is 5.11 Å². The van der Waals surface area contributed by atoms with Gasteiger partial charge in [0.15, 0.2) is 0 Å². The maximum Gasteiger partial charge on any atom is 0.123 e. The topological polar surface area (TPSA) is 37.3 Å². The van der Waals surface area contributed by atoms with Crippen molar-refractivity contribution in [3.63, 3.8) is 0 Å². The molecule has 0 aliphatic rings. The highest BCUT2D eigenvalue weighted by atomic mass is 16.3. The fourth-order valence-corrected chi connectivity index (χ4v) is 2.39. The van der Waals surface area contributed by atoms with Crippen LogP contribution >= 0.6 is 0 Å². The molecule has 0 radical (unpaired) electrons. The van der Waals surface area contributed by atoms with Crippen LogP contribution in [0.5, 0.6) is 5.75 Å². The van der Waals surface area contributed by atoms with Crippen molar-refractivity contribution >= 4 is 31.1 Å². The standard InChI is InChI=1S/C22H18O.CH2O/c23-22-13-7-12-20(16-14-18-8-3-1-4-9-18)21(22)17-15-19-10-5-2-6-11-19;1-2/h1-17,23H;1H2. The third kappa shape index (κ3) is 5.33. The first-order valence-electron chi connectivity index (χ1n) is 7.90. The molecule has 0 amide bonds. The first-order chi connectivity index (χ1) is 12.3. The Morgan fingerprint density at radius 3 is 1.68 bits per heavy atom. The van der Waals surface area contributed by atoms with Crippen LogP contribution in [0.2, 0.25) is 0 Å². The van der Waals surface area contributed by atoms with Gasteiger partial charge in [-0.2, -0.15) is 0 Å². The normalized spacial score (nSPS) is 10.6. The van der Waals surface area contributed by atoms with E-state index >= 15 is 0 Å². The summed E-state index contributed by atoms with van der Waals surface area (Å²) in [5, 5.41) is 10.2. The fourth-order valence-electron chi connectivity index (χ4n) is 2.39. The van der Waals surface area contributed by atoms with Gasteiger partial charge in [-0.1, -0.05) is 97.1 Å². The minimum atomic E-state index is 0.285. The highest BCUT2D eigenvalue weighted by Crippen LogP contribution is 2.25. The Morgan fingerprint density at radius 2 is 1.12 bits per heavy atom. The lowest BCUT2D eigenvalue weighted by Gasteiger charge is -2.04. The van der Waals surface area contributed by atoms with E-state index in [0.717, 1.165) is 22.3 Å². The minimum absolute atomic E-state index is 0.285. The smallest absolute Gasteiger partial charge is 0.123 e. The number of phenols is 1. The lowest BCUT2D eigenvalue weighted by Crippen LogP contribution is -1.82. The Bertz CT molecular complexity index is 834. The number of rotatable bonds is 4. The molecule has 3 aromatic rings. The zero-order valence-electron chi connectivity index (χ0n) is 13.9. The van der Waals surface area contributed by atoms with Gasteiger partial charge in [0.05, 0.1) is 0 Å². The Labute approximate surface area is 148 Å². The van der Waals surface area contributed by atoms with E-state index in [1.807, 2.05) is 85.7 Å². The maximum atomic E-state index is 10.2. The van der Waals surface area contributed by atoms with Crippen LogP contribution in [0.3, 0.4) is 0 Å². The maximum absolute atomic E-state index is 10.2. The molecule has 0 saturated carbocycles. The van der Waals surface area contributed by atoms with Gasteiger partial charge in [-0.25, -0.2) is 0 Å². The van der Waals surface area contributed by atoms with E-state index < -0.39 is 0 Å². The predicted octanol–water partition coefficient (Wildman–Crippen LogP) is 5.55. The number of hydrogen-bond donors (Lipinski definition) is 1. The van der Waals surface area contributed by atoms with Gasteiger partial charge in [0.2, 0.25) is 0 Å². The van der Waals surface area contributed by atoms with Crippen molar-refractivity contribution < 1.29 is 9.90 Å². The molecule has 0 atom stereocenters. The largest absolute Gasteiger partial charge is 0.507 e. The van der Waals surface area contributed by atoms with E-state index in [1.54, 1.807) is 6.07 Å². The molecule has 0 saturated heterocycles. The molecular weight excluding hydrogens is 308 g/mol. The molecule has 2 heteroatoms. The molecule has 0 aromatic heterocycles. The summed E-state index contributed by atoms with van der Waals surface area (Å²) < 4.78 is 0. The van der Waals surface area contributed by atoms with E-state index in [2.05, 4.69) is 18.2 Å². The number of carbonyl (C=O) groups excluding carboxylic acids is 1. The molecule has 124 valence electrons. The summed E-state index contributed by atoms with van der Waals surface area (Å²) in [6.07, 6.45) is 8.04. The summed E-state index contributed by atoms with van der Waals surface area (Å²) in [4.78, 5) is 8.00. The molecule has 0 spiro atoms. The summed E-state index contributed by atoms with van der Waals surface area (Å²) in [7, 11) is 0. The van der Waals surface area contributed by atoms with Gasteiger partial charge in [-0.3, -0.25) is 0 Å². The van der Waals surface area contributed by atoms with Gasteiger partial charge in [0, 0.05) is 5.56 Å². The minimum Gasteiger partial charge on any atom is -0.507 e. The molecule has 0 aliphatic carbocycles. The van der Waals surface area contributed by atoms with Crippen LogP contribution in [-0.2, 0) is 4.79 Å². The monoisotopic (exact) mass is 328 g/mol. The fraction of sp³-hybridized carbons (Fsp3) is 0. The Morgan fingerprint density at radius 1 is 0.600 bits per heavy atom. The van der Waals surface area contributed by atoms with Gasteiger partial charge in [0.1, 0.15) is 12.5 Å². The zero-order chi connectivity index (χ0) is 17.9. The van der Waals surface area contributed by atoms with E-state index in [-0.39, 0.29) is 5.75 Å². The van der Waals surface area contributed by atoms with Crippen LogP contribution in [0, 0.1) is 0 Å². The van der Waals surface area contributed by atoms with Crippen LogP contribution in [0.25, 0.3) is 24.3 Å². The number of benzene rings is 3. The Hall–Kier alpha value is -3.39. The van der Waals surface area contributed by atoms with Crippen molar-refractivity contribution in [3.8, 4) is 5.75 Å². The van der Waals surface area contributed by atoms with Crippen molar-refractivity contribution in [2.45, 2.75) is 0 Å². The van der Waals surface area contributed by atoms with Gasteiger partial charge in [-0.15, -0.1) is 0 Å². The molecule has 0 bridgehead atoms. The molecular formula is C23H20O2. The number of aromatic hydroxyl groups is 1. The van der Waals surface area contributed by atoms with Crippen LogP contribution in [0.15, 0.2) is 78.9 Å². The van der Waals surface area contributed by atoms with Gasteiger partial charge in [-0.05, 0) is 22.8 Å². The Balaban J connectivity index is 0.00000109. The zero-order valence-corrected chi connectivity index (χ0v) is 13.9. The molecule has 25 heavy (non-hydrogen) atoms. The van der Waals surface area contributed by atoms with E-state index in [1.165, 1.54) is 0 Å². The third-order valence-corrected chi connectivity index (χ3v) is 3.61. The average molecular weight is 328 g/mol. The lowest BCUT2D eigenvalue weighted by atomic mass is 10.0. The van der Waals surface area contributed by atoms with Crippen LogP contribution in [0.4, 0.5) is 0 Å². The van der Waals surface area contributed by atoms with Crippen LogP contribution < -0.4 is 0 Å². The molecule has 3 rings (SSSR count). The van der Waals surface area contributed by atoms with Gasteiger partial charge in [0.25, 0.3) is 0 Å². The number of hydrogen-bond acceptors (Lipinski definition) is 2. The molecule has 3 aromatic carbocycles. The van der Waals surface area contributed by atoms with Crippen LogP contribution in [0.1, 0.15) is 22.3 Å². The second-order valence-corrected chi connectivity index (χ2v) is 5.27. The Kier molecular flexibility index (Phi) is 6.95. The predicted molar refractivity (Wildman–Crippen MR) is 106 cm³/mol. The van der Waals surface area contributed by atoms with Crippen molar-refractivity contribution in [2.75, 3.05) is 0 Å². The molecule has 0 unspecified atom stereocenters. The highest BCUT2D eigenvalue weighted by Gasteiger charge is 2.02. The number of carbonyl (C=O) groups is 1.